The molecule has 3 rings (SSSR count). The van der Waals surface area contributed by atoms with E-state index < -0.39 is 0 Å². The number of oxime groups is 1. The van der Waals surface area contributed by atoms with Crippen LogP contribution in [-0.4, -0.2) is 23.4 Å². The average Bonchev–Trinajstić information content (AvgIpc) is 2.74. The molecule has 1 saturated carbocycles. The SMILES string of the molecule is O=C(C1CCCCC1)N1CCC/C(=N/O)c2ccccc21. The highest BCUT2D eigenvalue weighted by Gasteiger charge is 2.30. The molecule has 0 bridgehead atoms. The molecular formula is C17H22N2O2. The zero-order valence-electron chi connectivity index (χ0n) is 12.3. The van der Waals surface area contributed by atoms with Crippen LogP contribution in [0.25, 0.3) is 0 Å². The summed E-state index contributed by atoms with van der Waals surface area (Å²) in [7, 11) is 0. The average molecular weight is 286 g/mol. The molecule has 1 aromatic rings. The molecule has 1 fully saturated rings. The number of nitrogens with zero attached hydrogens (tertiary/aromatic N) is 2. The Morgan fingerprint density at radius 1 is 1.14 bits per heavy atom. The van der Waals surface area contributed by atoms with Gasteiger partial charge in [-0.1, -0.05) is 42.6 Å². The number of carbonyl (C=O) groups is 1. The van der Waals surface area contributed by atoms with Gasteiger partial charge in [0.25, 0.3) is 0 Å². The molecule has 1 heterocycles. The highest BCUT2D eigenvalue weighted by Crippen LogP contribution is 2.31. The molecule has 1 aliphatic carbocycles. The minimum atomic E-state index is 0.166. The topological polar surface area (TPSA) is 52.9 Å². The van der Waals surface area contributed by atoms with E-state index in [1.165, 1.54) is 6.42 Å². The van der Waals surface area contributed by atoms with Crippen LogP contribution >= 0.6 is 0 Å². The largest absolute Gasteiger partial charge is 0.411 e. The number of hydrogen-bond acceptors (Lipinski definition) is 3. The number of amides is 1. The number of para-hydroxylation sites is 1. The van der Waals surface area contributed by atoms with Gasteiger partial charge in [0.15, 0.2) is 0 Å². The summed E-state index contributed by atoms with van der Waals surface area (Å²) >= 11 is 0. The molecule has 0 spiro atoms. The molecule has 1 aliphatic heterocycles. The van der Waals surface area contributed by atoms with Crippen molar-refractivity contribution in [1.82, 2.24) is 0 Å². The fraction of sp³-hybridized carbons (Fsp3) is 0.529. The van der Waals surface area contributed by atoms with Crippen LogP contribution in [-0.2, 0) is 4.79 Å². The van der Waals surface area contributed by atoms with Crippen molar-refractivity contribution in [2.24, 2.45) is 11.1 Å². The fourth-order valence-electron chi connectivity index (χ4n) is 3.52. The van der Waals surface area contributed by atoms with E-state index in [0.29, 0.717) is 18.7 Å². The van der Waals surface area contributed by atoms with E-state index in [0.717, 1.165) is 43.4 Å². The lowest BCUT2D eigenvalue weighted by Crippen LogP contribution is -2.37. The molecule has 0 radical (unpaired) electrons. The van der Waals surface area contributed by atoms with E-state index >= 15 is 0 Å². The third-order valence-electron chi connectivity index (χ3n) is 4.64. The molecule has 21 heavy (non-hydrogen) atoms. The lowest BCUT2D eigenvalue weighted by atomic mass is 9.88. The Balaban J connectivity index is 1.92. The van der Waals surface area contributed by atoms with Crippen molar-refractivity contribution in [3.05, 3.63) is 29.8 Å². The van der Waals surface area contributed by atoms with Crippen molar-refractivity contribution in [3.63, 3.8) is 0 Å². The van der Waals surface area contributed by atoms with Gasteiger partial charge < -0.3 is 10.1 Å². The van der Waals surface area contributed by atoms with Gasteiger partial charge in [-0.2, -0.15) is 0 Å². The summed E-state index contributed by atoms with van der Waals surface area (Å²) in [5.74, 6) is 0.417. The predicted octanol–water partition coefficient (Wildman–Crippen LogP) is 3.57. The van der Waals surface area contributed by atoms with Crippen molar-refractivity contribution in [3.8, 4) is 0 Å². The van der Waals surface area contributed by atoms with E-state index in [9.17, 15) is 10.0 Å². The van der Waals surface area contributed by atoms with Gasteiger partial charge in [-0.25, -0.2) is 0 Å². The standard InChI is InChI=1S/C17H22N2O2/c20-17(13-7-2-1-3-8-13)19-12-6-10-15(18-21)14-9-4-5-11-16(14)19/h4-5,9,11,13,21H,1-3,6-8,10,12H2/b18-15-. The van der Waals surface area contributed by atoms with Gasteiger partial charge in [-0.15, -0.1) is 0 Å². The van der Waals surface area contributed by atoms with Crippen LogP contribution in [0.2, 0.25) is 0 Å². The fourth-order valence-corrected chi connectivity index (χ4v) is 3.52. The first-order valence-corrected chi connectivity index (χ1v) is 7.93. The van der Waals surface area contributed by atoms with Gasteiger partial charge >= 0.3 is 0 Å². The Morgan fingerprint density at radius 2 is 1.90 bits per heavy atom. The summed E-state index contributed by atoms with van der Waals surface area (Å²) in [6.07, 6.45) is 7.15. The molecule has 1 aromatic carbocycles. The van der Waals surface area contributed by atoms with Gasteiger partial charge in [0.1, 0.15) is 0 Å². The highest BCUT2D eigenvalue weighted by atomic mass is 16.4. The Morgan fingerprint density at radius 3 is 2.67 bits per heavy atom. The van der Waals surface area contributed by atoms with Crippen molar-refractivity contribution in [2.45, 2.75) is 44.9 Å². The molecular weight excluding hydrogens is 264 g/mol. The first-order valence-electron chi connectivity index (χ1n) is 7.93. The van der Waals surface area contributed by atoms with Gasteiger partial charge in [-0.3, -0.25) is 4.79 Å². The molecule has 1 amide bonds. The third-order valence-corrected chi connectivity index (χ3v) is 4.64. The monoisotopic (exact) mass is 286 g/mol. The van der Waals surface area contributed by atoms with Gasteiger partial charge in [0.05, 0.1) is 11.4 Å². The van der Waals surface area contributed by atoms with E-state index in [1.807, 2.05) is 29.2 Å². The second-order valence-corrected chi connectivity index (χ2v) is 5.99. The van der Waals surface area contributed by atoms with Crippen molar-refractivity contribution in [1.29, 1.82) is 0 Å². The molecule has 112 valence electrons. The summed E-state index contributed by atoms with van der Waals surface area (Å²) in [6, 6.07) is 7.78. The molecule has 0 aromatic heterocycles. The maximum absolute atomic E-state index is 12.9. The van der Waals surface area contributed by atoms with Crippen LogP contribution in [0.15, 0.2) is 29.4 Å². The first kappa shape index (κ1) is 14.1. The lowest BCUT2D eigenvalue weighted by molar-refractivity contribution is -0.123. The summed E-state index contributed by atoms with van der Waals surface area (Å²) < 4.78 is 0. The van der Waals surface area contributed by atoms with E-state index in [-0.39, 0.29) is 11.8 Å². The van der Waals surface area contributed by atoms with Crippen LogP contribution in [0.3, 0.4) is 0 Å². The number of fused-ring (bicyclic) bond motifs is 1. The molecule has 4 heteroatoms. The highest BCUT2D eigenvalue weighted by molar-refractivity contribution is 6.09. The lowest BCUT2D eigenvalue weighted by Gasteiger charge is -2.29. The second-order valence-electron chi connectivity index (χ2n) is 5.99. The second kappa shape index (κ2) is 6.29. The smallest absolute Gasteiger partial charge is 0.230 e. The summed E-state index contributed by atoms with van der Waals surface area (Å²) in [4.78, 5) is 14.8. The number of anilines is 1. The van der Waals surface area contributed by atoms with Crippen molar-refractivity contribution >= 4 is 17.3 Å². The molecule has 2 aliphatic rings. The molecule has 0 atom stereocenters. The number of benzene rings is 1. The zero-order valence-corrected chi connectivity index (χ0v) is 12.3. The Kier molecular flexibility index (Phi) is 4.23. The summed E-state index contributed by atoms with van der Waals surface area (Å²) in [5.41, 5.74) is 2.48. The predicted molar refractivity (Wildman–Crippen MR) is 82.9 cm³/mol. The molecule has 0 saturated heterocycles. The third kappa shape index (κ3) is 2.80. The summed E-state index contributed by atoms with van der Waals surface area (Å²) in [6.45, 7) is 0.714. The molecule has 1 N–H and O–H groups in total. The van der Waals surface area contributed by atoms with Crippen molar-refractivity contribution in [2.75, 3.05) is 11.4 Å². The minimum absolute atomic E-state index is 0.166. The van der Waals surface area contributed by atoms with E-state index in [1.54, 1.807) is 0 Å². The maximum Gasteiger partial charge on any atom is 0.230 e. The number of carbonyl (C=O) groups excluding carboxylic acids is 1. The summed E-state index contributed by atoms with van der Waals surface area (Å²) in [5, 5.41) is 12.7. The van der Waals surface area contributed by atoms with Crippen LogP contribution in [0.1, 0.15) is 50.5 Å². The molecule has 4 nitrogen and oxygen atoms in total. The Bertz CT molecular complexity index is 547. The minimum Gasteiger partial charge on any atom is -0.411 e. The van der Waals surface area contributed by atoms with Crippen LogP contribution in [0.4, 0.5) is 5.69 Å². The van der Waals surface area contributed by atoms with Gasteiger partial charge in [0, 0.05) is 18.0 Å². The van der Waals surface area contributed by atoms with Crippen LogP contribution in [0, 0.1) is 5.92 Å². The van der Waals surface area contributed by atoms with Crippen LogP contribution in [0.5, 0.6) is 0 Å². The van der Waals surface area contributed by atoms with E-state index in [2.05, 4.69) is 5.16 Å². The quantitative estimate of drug-likeness (QED) is 0.634. The van der Waals surface area contributed by atoms with Gasteiger partial charge in [0.2, 0.25) is 5.91 Å². The number of hydrogen-bond donors (Lipinski definition) is 1. The Labute approximate surface area is 125 Å². The normalized spacial score (nSPS) is 21.9. The first-order chi connectivity index (χ1) is 10.3. The Hall–Kier alpha value is -1.84. The van der Waals surface area contributed by atoms with E-state index in [4.69, 9.17) is 0 Å². The molecule has 0 unspecified atom stereocenters. The van der Waals surface area contributed by atoms with Gasteiger partial charge in [-0.05, 0) is 31.7 Å². The maximum atomic E-state index is 12.9. The zero-order chi connectivity index (χ0) is 14.7. The number of rotatable bonds is 1. The van der Waals surface area contributed by atoms with Crippen LogP contribution < -0.4 is 4.90 Å². The van der Waals surface area contributed by atoms with Crippen molar-refractivity contribution < 1.29 is 10.0 Å².